The molecule has 1 amide bonds. The van der Waals surface area contributed by atoms with Crippen LogP contribution in [-0.2, 0) is 19.6 Å². The van der Waals surface area contributed by atoms with Crippen molar-refractivity contribution in [3.05, 3.63) is 58.6 Å². The smallest absolute Gasteiger partial charge is 0.338 e. The molecule has 2 aliphatic heterocycles. The van der Waals surface area contributed by atoms with Crippen LogP contribution in [0.1, 0.15) is 54.6 Å². The molecule has 2 aromatic carbocycles. The molecule has 1 unspecified atom stereocenters. The first-order valence-electron chi connectivity index (χ1n) is 12.1. The van der Waals surface area contributed by atoms with Gasteiger partial charge >= 0.3 is 5.97 Å². The van der Waals surface area contributed by atoms with E-state index in [1.54, 1.807) is 48.3 Å². The first-order chi connectivity index (χ1) is 17.6. The van der Waals surface area contributed by atoms with Crippen molar-refractivity contribution >= 4 is 50.6 Å². The Bertz CT molecular complexity index is 1290. The maximum absolute atomic E-state index is 13.1. The molecular weight excluding hydrogens is 518 g/mol. The average Bonchev–Trinajstić information content (AvgIpc) is 3.30. The highest BCUT2D eigenvalue weighted by Crippen LogP contribution is 2.39. The first kappa shape index (κ1) is 26.9. The third-order valence-corrected chi connectivity index (χ3v) is 6.94. The highest BCUT2D eigenvalue weighted by atomic mass is 35.5. The number of halogens is 1. The molecule has 0 saturated carbocycles. The van der Waals surface area contributed by atoms with E-state index in [0.717, 1.165) is 38.6 Å². The van der Waals surface area contributed by atoms with Gasteiger partial charge in [-0.15, -0.1) is 0 Å². The summed E-state index contributed by atoms with van der Waals surface area (Å²) in [6.07, 6.45) is 4.42. The van der Waals surface area contributed by atoms with Gasteiger partial charge in [-0.3, -0.25) is 20.0 Å². The molecule has 1 fully saturated rings. The number of hydrazone groups is 1. The monoisotopic (exact) mass is 547 g/mol. The molecule has 4 rings (SSSR count). The van der Waals surface area contributed by atoms with Crippen molar-refractivity contribution in [1.29, 1.82) is 0 Å². The Morgan fingerprint density at radius 2 is 1.81 bits per heavy atom. The van der Waals surface area contributed by atoms with Gasteiger partial charge in [0, 0.05) is 30.1 Å². The van der Waals surface area contributed by atoms with Gasteiger partial charge in [0.1, 0.15) is 5.71 Å². The topological polar surface area (TPSA) is 120 Å². The van der Waals surface area contributed by atoms with Gasteiger partial charge in [0.15, 0.2) is 0 Å². The van der Waals surface area contributed by atoms with E-state index in [9.17, 15) is 18.0 Å². The van der Waals surface area contributed by atoms with E-state index in [1.165, 1.54) is 6.07 Å². The van der Waals surface area contributed by atoms with Gasteiger partial charge in [-0.2, -0.15) is 5.10 Å². The second-order valence-electron chi connectivity index (χ2n) is 8.97. The molecule has 0 radical (unpaired) electrons. The fourth-order valence-corrected chi connectivity index (χ4v) is 5.11. The molecule has 0 spiro atoms. The first-order valence-corrected chi connectivity index (χ1v) is 14.4. The number of hydrogen-bond donors (Lipinski definition) is 2. The minimum absolute atomic E-state index is 0.186. The number of anilines is 2. The summed E-state index contributed by atoms with van der Waals surface area (Å²) < 4.78 is 32.0. The standard InChI is InChI=1S/C25H30ClN5O5S/c1-3-36-25(33)17-7-12-20(21(15-17)29-37(2,34)35)23-16-22(24(32)28-30-13-5-4-6-14-30)27-31(23)19-10-8-18(26)9-11-19/h7-12,15,23,29H,3-6,13-14,16H2,1-2H3,(H,28,32). The van der Waals surface area contributed by atoms with Crippen LogP contribution in [0.25, 0.3) is 0 Å². The lowest BCUT2D eigenvalue weighted by atomic mass is 9.97. The van der Waals surface area contributed by atoms with Crippen molar-refractivity contribution in [3.8, 4) is 0 Å². The van der Waals surface area contributed by atoms with E-state index >= 15 is 0 Å². The van der Waals surface area contributed by atoms with Crippen LogP contribution in [0.3, 0.4) is 0 Å². The number of rotatable bonds is 8. The molecule has 198 valence electrons. The number of amides is 1. The zero-order valence-corrected chi connectivity index (χ0v) is 22.3. The Labute approximate surface area is 221 Å². The van der Waals surface area contributed by atoms with Crippen molar-refractivity contribution in [2.45, 2.75) is 38.6 Å². The number of nitrogens with zero attached hydrogens (tertiary/aromatic N) is 3. The lowest BCUT2D eigenvalue weighted by Crippen LogP contribution is -2.47. The number of piperidine rings is 1. The predicted octanol–water partition coefficient (Wildman–Crippen LogP) is 3.71. The molecule has 0 aromatic heterocycles. The minimum atomic E-state index is -3.68. The molecular formula is C25H30ClN5O5S. The van der Waals surface area contributed by atoms with E-state index in [0.29, 0.717) is 22.0 Å². The van der Waals surface area contributed by atoms with Gasteiger partial charge in [0.25, 0.3) is 5.91 Å². The fourth-order valence-electron chi connectivity index (χ4n) is 4.41. The maximum atomic E-state index is 13.1. The summed E-state index contributed by atoms with van der Waals surface area (Å²) in [7, 11) is -3.68. The van der Waals surface area contributed by atoms with Gasteiger partial charge in [-0.1, -0.05) is 24.1 Å². The summed E-state index contributed by atoms with van der Waals surface area (Å²) in [5.74, 6) is -0.867. The van der Waals surface area contributed by atoms with Crippen LogP contribution in [0.4, 0.5) is 11.4 Å². The summed E-state index contributed by atoms with van der Waals surface area (Å²) >= 11 is 6.09. The van der Waals surface area contributed by atoms with E-state index in [1.807, 2.05) is 5.01 Å². The molecule has 1 saturated heterocycles. The number of carbonyl (C=O) groups is 2. The van der Waals surface area contributed by atoms with E-state index < -0.39 is 22.0 Å². The van der Waals surface area contributed by atoms with Gasteiger partial charge in [0.05, 0.1) is 35.8 Å². The van der Waals surface area contributed by atoms with Crippen molar-refractivity contribution in [1.82, 2.24) is 10.4 Å². The Morgan fingerprint density at radius 1 is 1.11 bits per heavy atom. The number of hydrogen-bond acceptors (Lipinski definition) is 8. The van der Waals surface area contributed by atoms with Crippen molar-refractivity contribution in [2.24, 2.45) is 5.10 Å². The van der Waals surface area contributed by atoms with E-state index in [2.05, 4.69) is 15.2 Å². The van der Waals surface area contributed by atoms with Crippen molar-refractivity contribution < 1.29 is 22.7 Å². The second-order valence-corrected chi connectivity index (χ2v) is 11.2. The highest BCUT2D eigenvalue weighted by Gasteiger charge is 2.35. The number of hydrazine groups is 1. The SMILES string of the molecule is CCOC(=O)c1ccc(C2CC(C(=O)NN3CCCCC3)=NN2c2ccc(Cl)cc2)c(NS(C)(=O)=O)c1. The third-order valence-electron chi connectivity index (χ3n) is 6.10. The summed E-state index contributed by atoms with van der Waals surface area (Å²) in [6.45, 7) is 3.44. The number of ether oxygens (including phenoxy) is 1. The Kier molecular flexibility index (Phi) is 8.35. The van der Waals surface area contributed by atoms with Crippen LogP contribution in [-0.4, -0.2) is 57.0 Å². The summed E-state index contributed by atoms with van der Waals surface area (Å²) in [5, 5.41) is 8.76. The highest BCUT2D eigenvalue weighted by molar-refractivity contribution is 7.92. The predicted molar refractivity (Wildman–Crippen MR) is 143 cm³/mol. The van der Waals surface area contributed by atoms with E-state index in [-0.39, 0.29) is 30.2 Å². The number of esters is 1. The van der Waals surface area contributed by atoms with Crippen LogP contribution < -0.4 is 15.2 Å². The Morgan fingerprint density at radius 3 is 2.46 bits per heavy atom. The molecule has 12 heteroatoms. The molecule has 2 aliphatic rings. The number of benzene rings is 2. The lowest BCUT2D eigenvalue weighted by Gasteiger charge is -2.26. The van der Waals surface area contributed by atoms with Crippen LogP contribution in [0.5, 0.6) is 0 Å². The minimum Gasteiger partial charge on any atom is -0.462 e. The quantitative estimate of drug-likeness (QED) is 0.483. The molecule has 1 atom stereocenters. The van der Waals surface area contributed by atoms with Crippen molar-refractivity contribution in [2.75, 3.05) is 35.7 Å². The molecule has 10 nitrogen and oxygen atoms in total. The van der Waals surface area contributed by atoms with Gasteiger partial charge in [-0.05, 0) is 56.2 Å². The van der Waals surface area contributed by atoms with E-state index in [4.69, 9.17) is 16.3 Å². The van der Waals surface area contributed by atoms with Crippen LogP contribution >= 0.6 is 11.6 Å². The summed E-state index contributed by atoms with van der Waals surface area (Å²) in [6, 6.07) is 11.1. The maximum Gasteiger partial charge on any atom is 0.338 e. The van der Waals surface area contributed by atoms with Crippen molar-refractivity contribution in [3.63, 3.8) is 0 Å². The van der Waals surface area contributed by atoms with Crippen LogP contribution in [0, 0.1) is 0 Å². The summed E-state index contributed by atoms with van der Waals surface area (Å²) in [4.78, 5) is 25.5. The number of carbonyl (C=O) groups excluding carboxylic acids is 2. The Hall–Kier alpha value is -3.15. The molecule has 37 heavy (non-hydrogen) atoms. The Balaban J connectivity index is 1.71. The third kappa shape index (κ3) is 6.79. The second kappa shape index (κ2) is 11.5. The van der Waals surface area contributed by atoms with Gasteiger partial charge < -0.3 is 4.74 Å². The van der Waals surface area contributed by atoms with Crippen LogP contribution in [0.15, 0.2) is 47.6 Å². The van der Waals surface area contributed by atoms with Gasteiger partial charge in [0.2, 0.25) is 10.0 Å². The van der Waals surface area contributed by atoms with Crippen LogP contribution in [0.2, 0.25) is 5.02 Å². The zero-order chi connectivity index (χ0) is 26.6. The zero-order valence-electron chi connectivity index (χ0n) is 20.7. The molecule has 0 bridgehead atoms. The number of sulfonamides is 1. The van der Waals surface area contributed by atoms with Gasteiger partial charge in [-0.25, -0.2) is 18.2 Å². The molecule has 2 N–H and O–H groups in total. The molecule has 2 aromatic rings. The fraction of sp³-hybridized carbons (Fsp3) is 0.400. The largest absolute Gasteiger partial charge is 0.462 e. The molecule has 2 heterocycles. The number of nitrogens with one attached hydrogen (secondary N) is 2. The average molecular weight is 548 g/mol. The molecule has 0 aliphatic carbocycles. The lowest BCUT2D eigenvalue weighted by molar-refractivity contribution is -0.119. The normalized spacial score (nSPS) is 18.3. The summed E-state index contributed by atoms with van der Waals surface area (Å²) in [5.41, 5.74) is 4.91.